The van der Waals surface area contributed by atoms with Gasteiger partial charge in [-0.15, -0.1) is 0 Å². The van der Waals surface area contributed by atoms with E-state index < -0.39 is 0 Å². The van der Waals surface area contributed by atoms with Gasteiger partial charge < -0.3 is 24.1 Å². The van der Waals surface area contributed by atoms with Gasteiger partial charge >= 0.3 is 0 Å². The number of piperazine rings is 1. The summed E-state index contributed by atoms with van der Waals surface area (Å²) in [6.07, 6.45) is 1.55. The Morgan fingerprint density at radius 3 is 2.71 bits per heavy atom. The summed E-state index contributed by atoms with van der Waals surface area (Å²) in [5.74, 6) is 2.35. The standard InChI is InChI=1S/C19H22N6O3/c1-3-20-19-21-13(2)11-17(22-19)24-6-8-25(9-7-24)18(26)14-12-16(28-23-14)15-5-4-10-27-15/h4-5,10-12H,3,6-9H2,1-2H3,(H,20,21,22). The Kier molecular flexibility index (Phi) is 4.96. The summed E-state index contributed by atoms with van der Waals surface area (Å²) in [4.78, 5) is 25.6. The lowest BCUT2D eigenvalue weighted by Crippen LogP contribution is -2.49. The Morgan fingerprint density at radius 1 is 1.18 bits per heavy atom. The maximum absolute atomic E-state index is 12.7. The van der Waals surface area contributed by atoms with Crippen LogP contribution in [0.3, 0.4) is 0 Å². The van der Waals surface area contributed by atoms with Gasteiger partial charge in [-0.1, -0.05) is 5.16 Å². The molecule has 1 N–H and O–H groups in total. The van der Waals surface area contributed by atoms with Gasteiger partial charge in [0.05, 0.1) is 6.26 Å². The van der Waals surface area contributed by atoms with Gasteiger partial charge in [0.25, 0.3) is 5.91 Å². The van der Waals surface area contributed by atoms with E-state index in [0.717, 1.165) is 18.1 Å². The van der Waals surface area contributed by atoms with Crippen LogP contribution in [0.1, 0.15) is 23.1 Å². The maximum Gasteiger partial charge on any atom is 0.276 e. The van der Waals surface area contributed by atoms with Crippen LogP contribution in [0.2, 0.25) is 0 Å². The highest BCUT2D eigenvalue weighted by molar-refractivity contribution is 5.93. The summed E-state index contributed by atoms with van der Waals surface area (Å²) >= 11 is 0. The minimum absolute atomic E-state index is 0.145. The summed E-state index contributed by atoms with van der Waals surface area (Å²) < 4.78 is 10.5. The first-order valence-corrected chi connectivity index (χ1v) is 9.28. The molecule has 1 aliphatic rings. The highest BCUT2D eigenvalue weighted by atomic mass is 16.5. The van der Waals surface area contributed by atoms with E-state index in [1.165, 1.54) is 0 Å². The number of aryl methyl sites for hydroxylation is 1. The zero-order valence-electron chi connectivity index (χ0n) is 15.9. The van der Waals surface area contributed by atoms with Gasteiger partial charge in [-0.2, -0.15) is 4.98 Å². The lowest BCUT2D eigenvalue weighted by molar-refractivity contribution is 0.0736. The molecule has 0 atom stereocenters. The first-order valence-electron chi connectivity index (χ1n) is 9.28. The summed E-state index contributed by atoms with van der Waals surface area (Å²) in [6, 6.07) is 7.10. The topological polar surface area (TPSA) is 101 Å². The van der Waals surface area contributed by atoms with E-state index in [4.69, 9.17) is 8.94 Å². The van der Waals surface area contributed by atoms with E-state index in [0.29, 0.717) is 43.6 Å². The number of furan rings is 1. The van der Waals surface area contributed by atoms with Gasteiger partial charge in [0.1, 0.15) is 5.82 Å². The molecule has 0 bridgehead atoms. The van der Waals surface area contributed by atoms with E-state index in [-0.39, 0.29) is 11.6 Å². The molecule has 3 aromatic rings. The van der Waals surface area contributed by atoms with Gasteiger partial charge in [0.15, 0.2) is 11.5 Å². The molecule has 3 aromatic heterocycles. The second kappa shape index (κ2) is 7.71. The number of carbonyl (C=O) groups excluding carboxylic acids is 1. The number of nitrogens with one attached hydrogen (secondary N) is 1. The first kappa shape index (κ1) is 18.0. The lowest BCUT2D eigenvalue weighted by atomic mass is 10.2. The summed E-state index contributed by atoms with van der Waals surface area (Å²) in [5.41, 5.74) is 1.19. The van der Waals surface area contributed by atoms with Crippen LogP contribution in [-0.4, -0.2) is 58.7 Å². The Bertz CT molecular complexity index is 944. The van der Waals surface area contributed by atoms with Crippen LogP contribution in [0.25, 0.3) is 11.5 Å². The maximum atomic E-state index is 12.7. The number of anilines is 2. The molecule has 0 aromatic carbocycles. The fourth-order valence-corrected chi connectivity index (χ4v) is 3.16. The van der Waals surface area contributed by atoms with Crippen molar-refractivity contribution in [2.24, 2.45) is 0 Å². The number of hydrogen-bond acceptors (Lipinski definition) is 8. The summed E-state index contributed by atoms with van der Waals surface area (Å²) in [7, 11) is 0. The summed E-state index contributed by atoms with van der Waals surface area (Å²) in [5, 5.41) is 7.05. The van der Waals surface area contributed by atoms with Crippen LogP contribution in [0, 0.1) is 6.92 Å². The fraction of sp³-hybridized carbons (Fsp3) is 0.368. The average Bonchev–Trinajstić information content (AvgIpc) is 3.39. The number of amides is 1. The smallest absolute Gasteiger partial charge is 0.276 e. The third kappa shape index (κ3) is 3.68. The molecule has 1 fully saturated rings. The molecule has 0 saturated carbocycles. The highest BCUT2D eigenvalue weighted by Gasteiger charge is 2.26. The number of nitrogens with zero attached hydrogens (tertiary/aromatic N) is 5. The zero-order chi connectivity index (χ0) is 19.5. The molecule has 0 spiro atoms. The average molecular weight is 382 g/mol. The van der Waals surface area contributed by atoms with Crippen molar-refractivity contribution in [2.45, 2.75) is 13.8 Å². The molecule has 4 rings (SSSR count). The molecule has 0 aliphatic carbocycles. The third-order valence-electron chi connectivity index (χ3n) is 4.56. The second-order valence-corrected chi connectivity index (χ2v) is 6.55. The van der Waals surface area contributed by atoms with E-state index in [9.17, 15) is 4.79 Å². The molecule has 4 heterocycles. The van der Waals surface area contributed by atoms with Crippen molar-refractivity contribution in [3.63, 3.8) is 0 Å². The van der Waals surface area contributed by atoms with Crippen molar-refractivity contribution in [1.29, 1.82) is 0 Å². The second-order valence-electron chi connectivity index (χ2n) is 6.55. The molecule has 1 saturated heterocycles. The Balaban J connectivity index is 1.41. The third-order valence-corrected chi connectivity index (χ3v) is 4.56. The van der Waals surface area contributed by atoms with Crippen LogP contribution in [0.5, 0.6) is 0 Å². The quantitative estimate of drug-likeness (QED) is 0.718. The number of aromatic nitrogens is 3. The fourth-order valence-electron chi connectivity index (χ4n) is 3.16. The Labute approximate surface area is 162 Å². The predicted molar refractivity (Wildman–Crippen MR) is 103 cm³/mol. The van der Waals surface area contributed by atoms with Crippen molar-refractivity contribution in [3.8, 4) is 11.5 Å². The molecule has 0 radical (unpaired) electrons. The van der Waals surface area contributed by atoms with Crippen LogP contribution in [0.15, 0.2) is 39.5 Å². The van der Waals surface area contributed by atoms with Crippen molar-refractivity contribution < 1.29 is 13.7 Å². The van der Waals surface area contributed by atoms with Crippen LogP contribution in [-0.2, 0) is 0 Å². The van der Waals surface area contributed by atoms with Crippen molar-refractivity contribution in [2.75, 3.05) is 42.9 Å². The number of hydrogen-bond donors (Lipinski definition) is 1. The predicted octanol–water partition coefficient (Wildman–Crippen LogP) is 2.43. The van der Waals surface area contributed by atoms with Gasteiger partial charge in [0.2, 0.25) is 11.7 Å². The number of carbonyl (C=O) groups is 1. The van der Waals surface area contributed by atoms with Gasteiger partial charge in [0, 0.05) is 50.6 Å². The minimum Gasteiger partial charge on any atom is -0.461 e. The molecular weight excluding hydrogens is 360 g/mol. The van der Waals surface area contributed by atoms with Crippen molar-refractivity contribution >= 4 is 17.7 Å². The van der Waals surface area contributed by atoms with Gasteiger partial charge in [-0.25, -0.2) is 4.98 Å². The first-order chi connectivity index (χ1) is 13.6. The zero-order valence-corrected chi connectivity index (χ0v) is 15.9. The van der Waals surface area contributed by atoms with E-state index >= 15 is 0 Å². The van der Waals surface area contributed by atoms with Crippen LogP contribution >= 0.6 is 0 Å². The van der Waals surface area contributed by atoms with Crippen LogP contribution < -0.4 is 10.2 Å². The number of rotatable bonds is 5. The van der Waals surface area contributed by atoms with E-state index in [1.54, 1.807) is 29.4 Å². The van der Waals surface area contributed by atoms with Crippen LogP contribution in [0.4, 0.5) is 11.8 Å². The summed E-state index contributed by atoms with van der Waals surface area (Å²) in [6.45, 7) is 7.28. The Hall–Kier alpha value is -3.36. The molecule has 9 heteroatoms. The molecule has 146 valence electrons. The Morgan fingerprint density at radius 2 is 2.00 bits per heavy atom. The normalized spacial score (nSPS) is 14.4. The molecule has 0 unspecified atom stereocenters. The molecule has 1 amide bonds. The van der Waals surface area contributed by atoms with Crippen molar-refractivity contribution in [3.05, 3.63) is 41.9 Å². The van der Waals surface area contributed by atoms with Gasteiger partial charge in [-0.3, -0.25) is 4.79 Å². The monoisotopic (exact) mass is 382 g/mol. The molecular formula is C19H22N6O3. The molecule has 1 aliphatic heterocycles. The highest BCUT2D eigenvalue weighted by Crippen LogP contribution is 2.22. The largest absolute Gasteiger partial charge is 0.461 e. The molecule has 9 nitrogen and oxygen atoms in total. The van der Waals surface area contributed by atoms with E-state index in [1.807, 2.05) is 19.9 Å². The van der Waals surface area contributed by atoms with Crippen molar-refractivity contribution in [1.82, 2.24) is 20.0 Å². The SMILES string of the molecule is CCNc1nc(C)cc(N2CCN(C(=O)c3cc(-c4ccco4)on3)CC2)n1. The van der Waals surface area contributed by atoms with Gasteiger partial charge in [-0.05, 0) is 26.0 Å². The molecule has 28 heavy (non-hydrogen) atoms. The lowest BCUT2D eigenvalue weighted by Gasteiger charge is -2.35. The van der Waals surface area contributed by atoms with E-state index in [2.05, 4.69) is 25.3 Å². The minimum atomic E-state index is -0.145.